The van der Waals surface area contributed by atoms with Gasteiger partial charge >= 0.3 is 5.97 Å². The number of rotatable bonds is 7. The molecule has 1 aromatic carbocycles. The first-order chi connectivity index (χ1) is 12.6. The van der Waals surface area contributed by atoms with Crippen LogP contribution in [0, 0.1) is 11.3 Å². The van der Waals surface area contributed by atoms with Gasteiger partial charge in [-0.3, -0.25) is 14.5 Å². The molecular formula is C20H27N3O3. The van der Waals surface area contributed by atoms with Crippen molar-refractivity contribution in [3.05, 3.63) is 35.9 Å². The molecule has 6 nitrogen and oxygen atoms in total. The molecule has 0 unspecified atom stereocenters. The first-order valence-corrected chi connectivity index (χ1v) is 9.12. The SMILES string of the molecule is COC(=O)CN(CC(=O)NC1(C#N)CCCCCC1)Cc1ccccc1. The summed E-state index contributed by atoms with van der Waals surface area (Å²) in [6.45, 7) is 0.536. The van der Waals surface area contributed by atoms with Gasteiger partial charge in [-0.15, -0.1) is 0 Å². The smallest absolute Gasteiger partial charge is 0.319 e. The van der Waals surface area contributed by atoms with Crippen LogP contribution < -0.4 is 5.32 Å². The van der Waals surface area contributed by atoms with Crippen LogP contribution in [0.2, 0.25) is 0 Å². The number of methoxy groups -OCH3 is 1. The predicted molar refractivity (Wildman–Crippen MR) is 97.9 cm³/mol. The minimum absolute atomic E-state index is 0.0262. The van der Waals surface area contributed by atoms with Gasteiger partial charge in [-0.1, -0.05) is 56.0 Å². The van der Waals surface area contributed by atoms with E-state index in [1.165, 1.54) is 7.11 Å². The standard InChI is InChI=1S/C20H27N3O3/c1-26-19(25)15-23(13-17-9-5-4-6-10-17)14-18(24)22-20(16-21)11-7-2-3-8-12-20/h4-6,9-10H,2-3,7-8,11-15H2,1H3,(H,22,24). The molecule has 0 spiro atoms. The molecule has 1 aromatic rings. The fourth-order valence-corrected chi connectivity index (χ4v) is 3.36. The molecule has 0 aliphatic heterocycles. The second-order valence-electron chi connectivity index (χ2n) is 6.86. The number of esters is 1. The number of benzene rings is 1. The Morgan fingerprint density at radius 2 is 1.81 bits per heavy atom. The van der Waals surface area contributed by atoms with Crippen LogP contribution in [-0.2, 0) is 20.9 Å². The van der Waals surface area contributed by atoms with Gasteiger partial charge < -0.3 is 10.1 Å². The number of ether oxygens (including phenoxy) is 1. The average Bonchev–Trinajstić information content (AvgIpc) is 2.88. The molecule has 0 bridgehead atoms. The highest BCUT2D eigenvalue weighted by molar-refractivity contribution is 5.80. The maximum Gasteiger partial charge on any atom is 0.319 e. The van der Waals surface area contributed by atoms with E-state index in [4.69, 9.17) is 4.74 Å². The van der Waals surface area contributed by atoms with Crippen molar-refractivity contribution >= 4 is 11.9 Å². The summed E-state index contributed by atoms with van der Waals surface area (Å²) >= 11 is 0. The third-order valence-corrected chi connectivity index (χ3v) is 4.75. The van der Waals surface area contributed by atoms with Gasteiger partial charge in [0.05, 0.1) is 26.3 Å². The summed E-state index contributed by atoms with van der Waals surface area (Å²) in [5.41, 5.74) is 0.228. The van der Waals surface area contributed by atoms with E-state index in [0.717, 1.165) is 31.2 Å². The third kappa shape index (κ3) is 6.16. The molecule has 0 heterocycles. The first kappa shape index (κ1) is 19.9. The molecule has 1 fully saturated rings. The summed E-state index contributed by atoms with van der Waals surface area (Å²) in [5, 5.41) is 12.6. The van der Waals surface area contributed by atoms with Crippen molar-refractivity contribution in [2.75, 3.05) is 20.2 Å². The van der Waals surface area contributed by atoms with Gasteiger partial charge in [0.25, 0.3) is 0 Å². The number of carbonyl (C=O) groups is 2. The van der Waals surface area contributed by atoms with Crippen molar-refractivity contribution in [2.45, 2.75) is 50.6 Å². The highest BCUT2D eigenvalue weighted by Gasteiger charge is 2.33. The predicted octanol–water partition coefficient (Wildman–Crippen LogP) is 2.39. The summed E-state index contributed by atoms with van der Waals surface area (Å²) in [7, 11) is 1.33. The van der Waals surface area contributed by atoms with Gasteiger partial charge in [-0.2, -0.15) is 5.26 Å². The van der Waals surface area contributed by atoms with Gasteiger partial charge in [-0.25, -0.2) is 0 Å². The number of nitrogens with zero attached hydrogens (tertiary/aromatic N) is 2. The average molecular weight is 357 g/mol. The Morgan fingerprint density at radius 1 is 1.15 bits per heavy atom. The molecule has 0 aromatic heterocycles. The minimum atomic E-state index is -0.780. The van der Waals surface area contributed by atoms with Gasteiger partial charge in [0.15, 0.2) is 0 Å². The second-order valence-corrected chi connectivity index (χ2v) is 6.86. The molecule has 1 aliphatic rings. The van der Waals surface area contributed by atoms with Crippen molar-refractivity contribution in [1.29, 1.82) is 5.26 Å². The number of hydrogen-bond acceptors (Lipinski definition) is 5. The molecule has 1 saturated carbocycles. The van der Waals surface area contributed by atoms with Crippen LogP contribution in [0.4, 0.5) is 0 Å². The molecule has 26 heavy (non-hydrogen) atoms. The van der Waals surface area contributed by atoms with Gasteiger partial charge in [0, 0.05) is 6.54 Å². The summed E-state index contributed by atoms with van der Waals surface area (Å²) in [6.07, 6.45) is 5.47. The van der Waals surface area contributed by atoms with E-state index >= 15 is 0 Å². The summed E-state index contributed by atoms with van der Waals surface area (Å²) in [4.78, 5) is 26.0. The van der Waals surface area contributed by atoms with Crippen LogP contribution in [0.1, 0.15) is 44.1 Å². The van der Waals surface area contributed by atoms with E-state index in [2.05, 4.69) is 11.4 Å². The van der Waals surface area contributed by atoms with E-state index in [-0.39, 0.29) is 19.0 Å². The largest absolute Gasteiger partial charge is 0.468 e. The molecule has 1 aliphatic carbocycles. The fourth-order valence-electron chi connectivity index (χ4n) is 3.36. The van der Waals surface area contributed by atoms with E-state index in [0.29, 0.717) is 19.4 Å². The zero-order valence-corrected chi connectivity index (χ0v) is 15.4. The van der Waals surface area contributed by atoms with Crippen molar-refractivity contribution in [3.63, 3.8) is 0 Å². The van der Waals surface area contributed by atoms with Crippen LogP contribution in [0.3, 0.4) is 0 Å². The lowest BCUT2D eigenvalue weighted by Gasteiger charge is -2.28. The van der Waals surface area contributed by atoms with E-state index < -0.39 is 11.5 Å². The van der Waals surface area contributed by atoms with Crippen LogP contribution in [0.25, 0.3) is 0 Å². The number of nitriles is 1. The Hall–Kier alpha value is -2.39. The Balaban J connectivity index is 2.02. The highest BCUT2D eigenvalue weighted by atomic mass is 16.5. The first-order valence-electron chi connectivity index (χ1n) is 9.12. The van der Waals surface area contributed by atoms with Crippen LogP contribution in [0.15, 0.2) is 30.3 Å². The zero-order chi connectivity index (χ0) is 18.8. The quantitative estimate of drug-likeness (QED) is 0.598. The summed E-state index contributed by atoms with van der Waals surface area (Å²) in [6, 6.07) is 12.0. The summed E-state index contributed by atoms with van der Waals surface area (Å²) in [5.74, 6) is -0.619. The summed E-state index contributed by atoms with van der Waals surface area (Å²) < 4.78 is 4.74. The number of carbonyl (C=O) groups excluding carboxylic acids is 2. The second kappa shape index (κ2) is 9.93. The zero-order valence-electron chi connectivity index (χ0n) is 15.4. The van der Waals surface area contributed by atoms with E-state index in [1.807, 2.05) is 30.3 Å². The molecule has 6 heteroatoms. The molecule has 2 rings (SSSR count). The number of nitrogens with one attached hydrogen (secondary N) is 1. The third-order valence-electron chi connectivity index (χ3n) is 4.75. The highest BCUT2D eigenvalue weighted by Crippen LogP contribution is 2.26. The van der Waals surface area contributed by atoms with Crippen LogP contribution in [-0.4, -0.2) is 42.5 Å². The van der Waals surface area contributed by atoms with Crippen molar-refractivity contribution in [1.82, 2.24) is 10.2 Å². The van der Waals surface area contributed by atoms with Gasteiger partial charge in [0.1, 0.15) is 5.54 Å². The van der Waals surface area contributed by atoms with Gasteiger partial charge in [-0.05, 0) is 18.4 Å². The van der Waals surface area contributed by atoms with Crippen molar-refractivity contribution in [2.24, 2.45) is 0 Å². The molecule has 0 saturated heterocycles. The fraction of sp³-hybridized carbons (Fsp3) is 0.550. The lowest BCUT2D eigenvalue weighted by molar-refractivity contribution is -0.142. The molecule has 0 radical (unpaired) electrons. The normalized spacial score (nSPS) is 16.3. The Labute approximate surface area is 155 Å². The molecule has 1 N–H and O–H groups in total. The van der Waals surface area contributed by atoms with Gasteiger partial charge in [0.2, 0.25) is 5.91 Å². The molecule has 0 atom stereocenters. The monoisotopic (exact) mass is 357 g/mol. The Morgan fingerprint density at radius 3 is 2.38 bits per heavy atom. The lowest BCUT2D eigenvalue weighted by atomic mass is 9.92. The lowest BCUT2D eigenvalue weighted by Crippen LogP contribution is -2.50. The molecule has 140 valence electrons. The van der Waals surface area contributed by atoms with Crippen LogP contribution >= 0.6 is 0 Å². The maximum absolute atomic E-state index is 12.6. The Bertz CT molecular complexity index is 631. The van der Waals surface area contributed by atoms with Crippen LogP contribution in [0.5, 0.6) is 0 Å². The van der Waals surface area contributed by atoms with Crippen molar-refractivity contribution < 1.29 is 14.3 Å². The number of hydrogen-bond donors (Lipinski definition) is 1. The molecular weight excluding hydrogens is 330 g/mol. The minimum Gasteiger partial charge on any atom is -0.468 e. The maximum atomic E-state index is 12.6. The van der Waals surface area contributed by atoms with E-state index in [1.54, 1.807) is 4.90 Å². The Kier molecular flexibility index (Phi) is 7.61. The topological polar surface area (TPSA) is 82.4 Å². The van der Waals surface area contributed by atoms with E-state index in [9.17, 15) is 14.9 Å². The number of amides is 1. The van der Waals surface area contributed by atoms with Crippen molar-refractivity contribution in [3.8, 4) is 6.07 Å². The molecule has 1 amide bonds.